The number of hydrogen-bond donors (Lipinski definition) is 0. The van der Waals surface area contributed by atoms with Crippen molar-refractivity contribution < 1.29 is 14.3 Å². The van der Waals surface area contributed by atoms with Gasteiger partial charge in [0.2, 0.25) is 0 Å². The first-order valence-electron chi connectivity index (χ1n) is 9.03. The molecule has 26 heavy (non-hydrogen) atoms. The summed E-state index contributed by atoms with van der Waals surface area (Å²) in [5.41, 5.74) is 3.19. The summed E-state index contributed by atoms with van der Waals surface area (Å²) in [7, 11) is 0. The molecule has 0 amide bonds. The van der Waals surface area contributed by atoms with Crippen LogP contribution in [0.4, 0.5) is 0 Å². The molecule has 0 aromatic heterocycles. The molecule has 0 aliphatic carbocycles. The number of rotatable bonds is 6. The van der Waals surface area contributed by atoms with Gasteiger partial charge in [-0.2, -0.15) is 0 Å². The third-order valence-corrected chi connectivity index (χ3v) is 4.29. The fourth-order valence-corrected chi connectivity index (χ4v) is 2.93. The average Bonchev–Trinajstić information content (AvgIpc) is 2.58. The summed E-state index contributed by atoms with van der Waals surface area (Å²) in [5, 5.41) is 0. The van der Waals surface area contributed by atoms with E-state index >= 15 is 0 Å². The van der Waals surface area contributed by atoms with Gasteiger partial charge in [-0.05, 0) is 61.2 Å². The van der Waals surface area contributed by atoms with Gasteiger partial charge in [-0.1, -0.05) is 30.9 Å². The highest BCUT2D eigenvalue weighted by atomic mass is 16.6. The third kappa shape index (κ3) is 5.47. The Kier molecular flexibility index (Phi) is 6.09. The van der Waals surface area contributed by atoms with Crippen LogP contribution in [0, 0.1) is 17.8 Å². The Morgan fingerprint density at radius 2 is 1.65 bits per heavy atom. The first-order valence-corrected chi connectivity index (χ1v) is 9.03. The van der Waals surface area contributed by atoms with E-state index in [1.165, 1.54) is 5.56 Å². The first-order chi connectivity index (χ1) is 12.6. The summed E-state index contributed by atoms with van der Waals surface area (Å²) in [6.45, 7) is 5.10. The van der Waals surface area contributed by atoms with Crippen molar-refractivity contribution in [2.75, 3.05) is 13.2 Å². The molecule has 1 fully saturated rings. The van der Waals surface area contributed by atoms with Crippen molar-refractivity contribution in [3.63, 3.8) is 0 Å². The summed E-state index contributed by atoms with van der Waals surface area (Å²) in [6.07, 6.45) is 1.74. The maximum atomic E-state index is 11.2. The average molecular weight is 348 g/mol. The van der Waals surface area contributed by atoms with Crippen molar-refractivity contribution in [1.29, 1.82) is 0 Å². The Bertz CT molecular complexity index is 790. The van der Waals surface area contributed by atoms with E-state index in [9.17, 15) is 4.79 Å². The Morgan fingerprint density at radius 1 is 1.08 bits per heavy atom. The molecule has 0 N–H and O–H groups in total. The second-order valence-corrected chi connectivity index (χ2v) is 6.96. The molecule has 0 radical (unpaired) electrons. The van der Waals surface area contributed by atoms with E-state index in [0.29, 0.717) is 25.6 Å². The fourth-order valence-electron chi connectivity index (χ4n) is 2.93. The summed E-state index contributed by atoms with van der Waals surface area (Å²) in [4.78, 5) is 11.2. The maximum Gasteiger partial charge on any atom is 0.145 e. The van der Waals surface area contributed by atoms with Crippen LogP contribution in [0.15, 0.2) is 48.5 Å². The first kappa shape index (κ1) is 18.2. The van der Waals surface area contributed by atoms with Gasteiger partial charge in [0.05, 0.1) is 13.2 Å². The highest BCUT2D eigenvalue weighted by Gasteiger charge is 2.19. The molecule has 3 heteroatoms. The quantitative estimate of drug-likeness (QED) is 0.740. The Balaban J connectivity index is 1.56. The van der Waals surface area contributed by atoms with Crippen molar-refractivity contribution >= 4 is 5.78 Å². The molecule has 0 bridgehead atoms. The third-order valence-electron chi connectivity index (χ3n) is 4.29. The zero-order valence-corrected chi connectivity index (χ0v) is 15.3. The molecule has 1 aliphatic rings. The lowest BCUT2D eigenvalue weighted by Crippen LogP contribution is -2.38. The number of hydrogen-bond acceptors (Lipinski definition) is 3. The lowest BCUT2D eigenvalue weighted by molar-refractivity contribution is -0.117. The van der Waals surface area contributed by atoms with Crippen molar-refractivity contribution in [3.8, 4) is 17.6 Å². The van der Waals surface area contributed by atoms with E-state index < -0.39 is 0 Å². The molecule has 0 saturated carbocycles. The van der Waals surface area contributed by atoms with E-state index in [-0.39, 0.29) is 11.9 Å². The minimum absolute atomic E-state index is 0.184. The summed E-state index contributed by atoms with van der Waals surface area (Å²) < 4.78 is 10.8. The van der Waals surface area contributed by atoms with E-state index in [1.807, 2.05) is 36.4 Å². The van der Waals surface area contributed by atoms with Crippen LogP contribution in [0.3, 0.4) is 0 Å². The van der Waals surface area contributed by atoms with E-state index in [1.54, 1.807) is 6.92 Å². The molecular weight excluding hydrogens is 324 g/mol. The number of ether oxygens (including phenoxy) is 2. The summed E-state index contributed by atoms with van der Waals surface area (Å²) in [6, 6.07) is 16.1. The van der Waals surface area contributed by atoms with Crippen molar-refractivity contribution in [1.82, 2.24) is 0 Å². The predicted octanol–water partition coefficient (Wildman–Crippen LogP) is 4.02. The zero-order chi connectivity index (χ0) is 18.4. The van der Waals surface area contributed by atoms with Crippen molar-refractivity contribution in [2.24, 2.45) is 5.92 Å². The molecule has 1 unspecified atom stereocenters. The van der Waals surface area contributed by atoms with Gasteiger partial charge < -0.3 is 14.3 Å². The highest BCUT2D eigenvalue weighted by Crippen LogP contribution is 2.17. The largest absolute Gasteiger partial charge is 0.486 e. The molecule has 1 saturated heterocycles. The molecule has 3 rings (SSSR count). The standard InChI is InChI=1S/C23H24O3/c1-17(13-18(2)24)14-21-7-5-19(6-8-21)3-4-20-9-11-22(12-10-20)26-23-15-25-16-23/h5-12,17,23H,13-16H2,1-2H3. The second-order valence-electron chi connectivity index (χ2n) is 6.96. The van der Waals surface area contributed by atoms with Gasteiger partial charge >= 0.3 is 0 Å². The monoisotopic (exact) mass is 348 g/mol. The zero-order valence-electron chi connectivity index (χ0n) is 15.3. The van der Waals surface area contributed by atoms with Crippen molar-refractivity contribution in [2.45, 2.75) is 32.8 Å². The fraction of sp³-hybridized carbons (Fsp3) is 0.348. The SMILES string of the molecule is CC(=O)CC(C)Cc1ccc(C#Cc2ccc(OC3COC3)cc2)cc1. The molecular formula is C23H24O3. The van der Waals surface area contributed by atoms with Crippen LogP contribution in [0.5, 0.6) is 5.75 Å². The molecule has 1 heterocycles. The van der Waals surface area contributed by atoms with Crippen LogP contribution >= 0.6 is 0 Å². The van der Waals surface area contributed by atoms with Crippen LogP contribution in [0.2, 0.25) is 0 Å². The van der Waals surface area contributed by atoms with Gasteiger partial charge in [0.15, 0.2) is 0 Å². The molecule has 2 aromatic rings. The lowest BCUT2D eigenvalue weighted by Gasteiger charge is -2.26. The molecule has 2 aromatic carbocycles. The minimum Gasteiger partial charge on any atom is -0.486 e. The molecule has 0 spiro atoms. The lowest BCUT2D eigenvalue weighted by atomic mass is 9.96. The number of Topliss-reactive ketones (excluding diaryl/α,β-unsaturated/α-hetero) is 1. The van der Waals surface area contributed by atoms with Gasteiger partial charge in [0.1, 0.15) is 17.6 Å². The minimum atomic E-state index is 0.184. The van der Waals surface area contributed by atoms with E-state index in [0.717, 1.165) is 23.3 Å². The van der Waals surface area contributed by atoms with Gasteiger partial charge in [0, 0.05) is 17.5 Å². The van der Waals surface area contributed by atoms with Gasteiger partial charge in [0.25, 0.3) is 0 Å². The van der Waals surface area contributed by atoms with E-state index in [2.05, 4.69) is 30.9 Å². The number of carbonyl (C=O) groups excluding carboxylic acids is 1. The molecule has 1 aliphatic heterocycles. The Morgan fingerprint density at radius 3 is 2.15 bits per heavy atom. The summed E-state index contributed by atoms with van der Waals surface area (Å²) >= 11 is 0. The maximum absolute atomic E-state index is 11.2. The van der Waals surface area contributed by atoms with Crippen LogP contribution in [-0.4, -0.2) is 25.1 Å². The Labute approximate surface area is 155 Å². The van der Waals surface area contributed by atoms with Crippen LogP contribution < -0.4 is 4.74 Å². The number of carbonyl (C=O) groups is 1. The van der Waals surface area contributed by atoms with Crippen molar-refractivity contribution in [3.05, 3.63) is 65.2 Å². The van der Waals surface area contributed by atoms with Crippen LogP contribution in [-0.2, 0) is 16.0 Å². The Hall–Kier alpha value is -2.57. The van der Waals surface area contributed by atoms with Gasteiger partial charge in [-0.15, -0.1) is 0 Å². The highest BCUT2D eigenvalue weighted by molar-refractivity contribution is 5.75. The molecule has 1 atom stereocenters. The van der Waals surface area contributed by atoms with Gasteiger partial charge in [-0.25, -0.2) is 0 Å². The topological polar surface area (TPSA) is 35.5 Å². The van der Waals surface area contributed by atoms with Gasteiger partial charge in [-0.3, -0.25) is 0 Å². The normalized spacial score (nSPS) is 14.7. The molecule has 3 nitrogen and oxygen atoms in total. The second kappa shape index (κ2) is 8.69. The molecule has 134 valence electrons. The number of benzene rings is 2. The van der Waals surface area contributed by atoms with Crippen LogP contribution in [0.1, 0.15) is 37.0 Å². The summed E-state index contributed by atoms with van der Waals surface area (Å²) in [5.74, 6) is 7.85. The van der Waals surface area contributed by atoms with E-state index in [4.69, 9.17) is 9.47 Å². The smallest absolute Gasteiger partial charge is 0.145 e. The predicted molar refractivity (Wildman–Crippen MR) is 102 cm³/mol. The van der Waals surface area contributed by atoms with Crippen LogP contribution in [0.25, 0.3) is 0 Å². The number of ketones is 1.